The van der Waals surface area contributed by atoms with E-state index in [1.807, 2.05) is 13.8 Å². The second kappa shape index (κ2) is 9.31. The molecule has 0 amide bonds. The fourth-order valence-corrected chi connectivity index (χ4v) is 2.42. The van der Waals surface area contributed by atoms with Gasteiger partial charge in [-0.25, -0.2) is 9.79 Å². The van der Waals surface area contributed by atoms with E-state index >= 15 is 0 Å². The van der Waals surface area contributed by atoms with Crippen LogP contribution in [0.15, 0.2) is 47.5 Å². The van der Waals surface area contributed by atoms with E-state index in [0.717, 1.165) is 12.1 Å². The van der Waals surface area contributed by atoms with Crippen LogP contribution in [-0.2, 0) is 17.5 Å². The molecule has 2 rings (SSSR count). The molecule has 0 radical (unpaired) electrons. The molecule has 0 bridgehead atoms. The summed E-state index contributed by atoms with van der Waals surface area (Å²) < 4.78 is 43.3. The zero-order valence-electron chi connectivity index (χ0n) is 16.2. The lowest BCUT2D eigenvalue weighted by atomic mass is 10.1. The van der Waals surface area contributed by atoms with E-state index in [1.165, 1.54) is 31.4 Å². The molecule has 6 nitrogen and oxygen atoms in total. The molecule has 0 aliphatic rings. The maximum atomic E-state index is 12.9. The number of rotatable bonds is 5. The Balaban J connectivity index is 2.27. The van der Waals surface area contributed by atoms with Crippen molar-refractivity contribution in [1.82, 2.24) is 5.32 Å². The number of aromatic hydroxyl groups is 1. The highest BCUT2D eigenvalue weighted by molar-refractivity contribution is 5.97. The van der Waals surface area contributed by atoms with Crippen molar-refractivity contribution in [3.05, 3.63) is 59.2 Å². The Kier molecular flexibility index (Phi) is 7.08. The van der Waals surface area contributed by atoms with Crippen LogP contribution in [0.1, 0.15) is 35.3 Å². The molecular weight excluding hydrogens is 387 g/mol. The predicted molar refractivity (Wildman–Crippen MR) is 104 cm³/mol. The number of benzene rings is 2. The average molecular weight is 409 g/mol. The summed E-state index contributed by atoms with van der Waals surface area (Å²) in [5, 5.41) is 16.0. The van der Waals surface area contributed by atoms with Crippen LogP contribution in [0.25, 0.3) is 0 Å². The van der Waals surface area contributed by atoms with Crippen LogP contribution in [0, 0.1) is 0 Å². The fraction of sp³-hybridized carbons (Fsp3) is 0.300. The van der Waals surface area contributed by atoms with Crippen LogP contribution in [0.3, 0.4) is 0 Å². The lowest BCUT2D eigenvalue weighted by molar-refractivity contribution is -0.137. The van der Waals surface area contributed by atoms with Gasteiger partial charge < -0.3 is 20.5 Å². The molecule has 0 aliphatic carbocycles. The van der Waals surface area contributed by atoms with Gasteiger partial charge in [-0.3, -0.25) is 0 Å². The number of hydrogen-bond acceptors (Lipinski definition) is 4. The zero-order chi connectivity index (χ0) is 21.6. The number of alkyl halides is 3. The first-order valence-electron chi connectivity index (χ1n) is 8.75. The van der Waals surface area contributed by atoms with E-state index in [9.17, 15) is 23.1 Å². The molecular formula is C20H22F3N3O3. The summed E-state index contributed by atoms with van der Waals surface area (Å²) in [4.78, 5) is 16.0. The number of phenolic OH excluding ortho intramolecular Hbond substituents is 1. The summed E-state index contributed by atoms with van der Waals surface area (Å²) in [5.74, 6) is -0.475. The Hall–Kier alpha value is -3.23. The molecule has 0 aliphatic heterocycles. The SMILES string of the molecule is COC(=O)c1ccc(O)c(NC(=NCc2cccc(C(F)(F)F)c2)NC(C)C)c1. The number of nitrogens with one attached hydrogen (secondary N) is 2. The normalized spacial score (nSPS) is 12.0. The third kappa shape index (κ3) is 6.41. The molecule has 0 unspecified atom stereocenters. The van der Waals surface area contributed by atoms with Gasteiger partial charge in [-0.05, 0) is 49.7 Å². The second-order valence-corrected chi connectivity index (χ2v) is 6.51. The lowest BCUT2D eigenvalue weighted by Gasteiger charge is -2.16. The molecule has 2 aromatic rings. The van der Waals surface area contributed by atoms with Crippen molar-refractivity contribution in [2.45, 2.75) is 32.6 Å². The lowest BCUT2D eigenvalue weighted by Crippen LogP contribution is -2.36. The van der Waals surface area contributed by atoms with Gasteiger partial charge in [0.15, 0.2) is 5.96 Å². The van der Waals surface area contributed by atoms with Crippen molar-refractivity contribution < 1.29 is 27.8 Å². The quantitative estimate of drug-likeness (QED) is 0.299. The Morgan fingerprint density at radius 1 is 1.21 bits per heavy atom. The number of aliphatic imine (C=N–C) groups is 1. The molecule has 0 fully saturated rings. The predicted octanol–water partition coefficient (Wildman–Crippen LogP) is 4.16. The van der Waals surface area contributed by atoms with Crippen molar-refractivity contribution in [2.75, 3.05) is 12.4 Å². The van der Waals surface area contributed by atoms with Crippen molar-refractivity contribution in [3.8, 4) is 5.75 Å². The van der Waals surface area contributed by atoms with Crippen LogP contribution in [0.5, 0.6) is 5.75 Å². The number of methoxy groups -OCH3 is 1. The molecule has 2 aromatic carbocycles. The fourth-order valence-electron chi connectivity index (χ4n) is 2.42. The van der Waals surface area contributed by atoms with E-state index in [1.54, 1.807) is 6.07 Å². The van der Waals surface area contributed by atoms with Crippen molar-refractivity contribution >= 4 is 17.6 Å². The molecule has 0 atom stereocenters. The number of ether oxygens (including phenoxy) is 1. The monoisotopic (exact) mass is 409 g/mol. The smallest absolute Gasteiger partial charge is 0.416 e. The third-order valence-corrected chi connectivity index (χ3v) is 3.77. The van der Waals surface area contributed by atoms with Gasteiger partial charge in [-0.2, -0.15) is 13.2 Å². The van der Waals surface area contributed by atoms with E-state index in [0.29, 0.717) is 5.56 Å². The summed E-state index contributed by atoms with van der Waals surface area (Å²) in [6, 6.07) is 8.97. The Morgan fingerprint density at radius 3 is 2.55 bits per heavy atom. The highest BCUT2D eigenvalue weighted by Crippen LogP contribution is 2.29. The highest BCUT2D eigenvalue weighted by Gasteiger charge is 2.30. The molecule has 0 aromatic heterocycles. The standard InChI is InChI=1S/C20H22F3N3O3/c1-12(2)25-19(24-11-13-5-4-6-15(9-13)20(21,22)23)26-16-10-14(18(28)29-3)7-8-17(16)27/h4-10,12,27H,11H2,1-3H3,(H2,24,25,26). The van der Waals surface area contributed by atoms with E-state index < -0.39 is 17.7 Å². The van der Waals surface area contributed by atoms with Gasteiger partial charge in [0.2, 0.25) is 0 Å². The number of nitrogens with zero attached hydrogens (tertiary/aromatic N) is 1. The largest absolute Gasteiger partial charge is 0.506 e. The maximum absolute atomic E-state index is 12.9. The van der Waals surface area contributed by atoms with Gasteiger partial charge in [0.1, 0.15) is 5.75 Å². The summed E-state index contributed by atoms with van der Waals surface area (Å²) in [6.07, 6.45) is -4.43. The Labute approximate surface area is 166 Å². The van der Waals surface area contributed by atoms with Gasteiger partial charge in [0.05, 0.1) is 30.5 Å². The summed E-state index contributed by atoms with van der Waals surface area (Å²) in [6.45, 7) is 3.68. The van der Waals surface area contributed by atoms with Crippen LogP contribution < -0.4 is 10.6 Å². The van der Waals surface area contributed by atoms with Gasteiger partial charge in [-0.1, -0.05) is 12.1 Å². The van der Waals surface area contributed by atoms with E-state index in [2.05, 4.69) is 20.4 Å². The number of carbonyl (C=O) groups excluding carboxylic acids is 1. The van der Waals surface area contributed by atoms with Crippen molar-refractivity contribution in [1.29, 1.82) is 0 Å². The third-order valence-electron chi connectivity index (χ3n) is 3.77. The molecule has 29 heavy (non-hydrogen) atoms. The van der Waals surface area contributed by atoms with E-state index in [-0.39, 0.29) is 35.5 Å². The van der Waals surface area contributed by atoms with E-state index in [4.69, 9.17) is 0 Å². The molecule has 3 N–H and O–H groups in total. The summed E-state index contributed by atoms with van der Waals surface area (Å²) in [7, 11) is 1.24. The number of halogens is 3. The van der Waals surface area contributed by atoms with Crippen LogP contribution >= 0.6 is 0 Å². The minimum absolute atomic E-state index is 0.0244. The average Bonchev–Trinajstić information content (AvgIpc) is 2.66. The molecule has 9 heteroatoms. The number of anilines is 1. The summed E-state index contributed by atoms with van der Waals surface area (Å²) >= 11 is 0. The molecule has 0 spiro atoms. The first-order valence-corrected chi connectivity index (χ1v) is 8.75. The minimum atomic E-state index is -4.43. The Morgan fingerprint density at radius 2 is 1.93 bits per heavy atom. The molecule has 0 heterocycles. The molecule has 0 saturated heterocycles. The van der Waals surface area contributed by atoms with Crippen LogP contribution in [-0.4, -0.2) is 30.2 Å². The first kappa shape index (κ1) is 22.1. The second-order valence-electron chi connectivity index (χ2n) is 6.51. The molecule has 0 saturated carbocycles. The minimum Gasteiger partial charge on any atom is -0.506 e. The number of carbonyl (C=O) groups is 1. The summed E-state index contributed by atoms with van der Waals surface area (Å²) in [5.41, 5.74) is 0.0376. The highest BCUT2D eigenvalue weighted by atomic mass is 19.4. The number of hydrogen-bond donors (Lipinski definition) is 3. The maximum Gasteiger partial charge on any atom is 0.416 e. The van der Waals surface area contributed by atoms with Gasteiger partial charge in [-0.15, -0.1) is 0 Å². The number of phenols is 1. The zero-order valence-corrected chi connectivity index (χ0v) is 16.2. The first-order chi connectivity index (χ1) is 13.6. The molecule has 156 valence electrons. The van der Waals surface area contributed by atoms with Crippen molar-refractivity contribution in [3.63, 3.8) is 0 Å². The Bertz CT molecular complexity index is 896. The van der Waals surface area contributed by atoms with Gasteiger partial charge >= 0.3 is 12.1 Å². The number of esters is 1. The van der Waals surface area contributed by atoms with Crippen molar-refractivity contribution in [2.24, 2.45) is 4.99 Å². The van der Waals surface area contributed by atoms with Gasteiger partial charge in [0.25, 0.3) is 0 Å². The van der Waals surface area contributed by atoms with Gasteiger partial charge in [0, 0.05) is 6.04 Å². The van der Waals surface area contributed by atoms with Crippen LogP contribution in [0.2, 0.25) is 0 Å². The van der Waals surface area contributed by atoms with Crippen LogP contribution in [0.4, 0.5) is 18.9 Å². The topological polar surface area (TPSA) is 83.0 Å². The number of guanidine groups is 1.